The third-order valence-corrected chi connectivity index (χ3v) is 3.23. The van der Waals surface area contributed by atoms with Gasteiger partial charge in [-0.25, -0.2) is 19.6 Å². The first-order valence-corrected chi connectivity index (χ1v) is 6.86. The van der Waals surface area contributed by atoms with Crippen molar-refractivity contribution in [1.82, 2.24) is 15.3 Å². The average Bonchev–Trinajstić information content (AvgIpc) is 2.99. The predicted molar refractivity (Wildman–Crippen MR) is 80.3 cm³/mol. The molecule has 2 heterocycles. The number of anilines is 1. The molecule has 0 radical (unpaired) electrons. The minimum absolute atomic E-state index is 0.368. The first-order chi connectivity index (χ1) is 10.4. The Balaban J connectivity index is 0.000000261. The van der Waals surface area contributed by atoms with E-state index in [2.05, 4.69) is 22.2 Å². The number of carboxylic acid groups (broad SMARTS) is 2. The third-order valence-electron chi connectivity index (χ3n) is 3.23. The number of hydrogen-bond donors (Lipinski definition) is 4. The van der Waals surface area contributed by atoms with Crippen molar-refractivity contribution in [3.8, 4) is 0 Å². The molecular formula is C14H20N4O4. The van der Waals surface area contributed by atoms with Crippen LogP contribution in [0.1, 0.15) is 31.4 Å². The molecule has 1 fully saturated rings. The van der Waals surface area contributed by atoms with Gasteiger partial charge in [0.1, 0.15) is 0 Å². The molecule has 120 valence electrons. The normalized spacial score (nSPS) is 18.5. The van der Waals surface area contributed by atoms with Gasteiger partial charge in [-0.2, -0.15) is 0 Å². The number of nitrogens with one attached hydrogen (secondary N) is 1. The van der Waals surface area contributed by atoms with E-state index in [1.165, 1.54) is 12.8 Å². The minimum atomic E-state index is -1.26. The van der Waals surface area contributed by atoms with Gasteiger partial charge in [0.05, 0.1) is 5.69 Å². The number of rotatable bonds is 4. The Morgan fingerprint density at radius 2 is 2.05 bits per heavy atom. The summed E-state index contributed by atoms with van der Waals surface area (Å²) in [5.41, 5.74) is 6.59. The third kappa shape index (κ3) is 6.31. The van der Waals surface area contributed by atoms with Gasteiger partial charge >= 0.3 is 11.9 Å². The zero-order valence-corrected chi connectivity index (χ0v) is 12.3. The highest BCUT2D eigenvalue weighted by Crippen LogP contribution is 2.23. The summed E-state index contributed by atoms with van der Waals surface area (Å²) < 4.78 is 0. The molecule has 8 nitrogen and oxygen atoms in total. The van der Waals surface area contributed by atoms with Gasteiger partial charge < -0.3 is 21.3 Å². The van der Waals surface area contributed by atoms with Crippen molar-refractivity contribution in [3.05, 3.63) is 30.1 Å². The zero-order valence-electron chi connectivity index (χ0n) is 12.3. The molecule has 0 amide bonds. The smallest absolute Gasteiger partial charge is 0.328 e. The molecule has 0 aromatic carbocycles. The van der Waals surface area contributed by atoms with Gasteiger partial charge in [-0.15, -0.1) is 0 Å². The summed E-state index contributed by atoms with van der Waals surface area (Å²) in [6.07, 6.45) is 5.33. The van der Waals surface area contributed by atoms with Crippen LogP contribution in [-0.2, 0) is 9.59 Å². The van der Waals surface area contributed by atoms with Crippen LogP contribution in [0.2, 0.25) is 0 Å². The maximum Gasteiger partial charge on any atom is 0.328 e. The molecule has 2 atom stereocenters. The number of aliphatic carboxylic acids is 2. The fourth-order valence-electron chi connectivity index (χ4n) is 2.13. The van der Waals surface area contributed by atoms with Crippen LogP contribution < -0.4 is 11.1 Å². The minimum Gasteiger partial charge on any atom is -0.478 e. The lowest BCUT2D eigenvalue weighted by atomic mass is 9.97. The Hall–Kier alpha value is -2.48. The number of nitrogens with two attached hydrogens (primary N) is 1. The van der Waals surface area contributed by atoms with Crippen LogP contribution in [0, 0.1) is 0 Å². The fraction of sp³-hybridized carbons (Fsp3) is 0.429. The molecule has 1 aliphatic heterocycles. The van der Waals surface area contributed by atoms with E-state index < -0.39 is 11.9 Å². The van der Waals surface area contributed by atoms with Crippen molar-refractivity contribution < 1.29 is 19.8 Å². The molecule has 1 aliphatic rings. The number of hydrogen-bond acceptors (Lipinski definition) is 6. The molecule has 22 heavy (non-hydrogen) atoms. The summed E-state index contributed by atoms with van der Waals surface area (Å²) in [5.74, 6) is -1.73. The van der Waals surface area contributed by atoms with Gasteiger partial charge in [-0.3, -0.25) is 0 Å². The van der Waals surface area contributed by atoms with E-state index in [-0.39, 0.29) is 0 Å². The lowest BCUT2D eigenvalue weighted by Crippen LogP contribution is -2.27. The van der Waals surface area contributed by atoms with E-state index in [1.807, 2.05) is 6.07 Å². The van der Waals surface area contributed by atoms with E-state index in [0.29, 0.717) is 30.1 Å². The summed E-state index contributed by atoms with van der Waals surface area (Å²) in [7, 11) is 0. The van der Waals surface area contributed by atoms with E-state index in [1.54, 1.807) is 6.20 Å². The summed E-state index contributed by atoms with van der Waals surface area (Å²) >= 11 is 0. The van der Waals surface area contributed by atoms with E-state index in [0.717, 1.165) is 12.2 Å². The molecule has 8 heteroatoms. The first-order valence-electron chi connectivity index (χ1n) is 6.86. The monoisotopic (exact) mass is 308 g/mol. The van der Waals surface area contributed by atoms with E-state index >= 15 is 0 Å². The quantitative estimate of drug-likeness (QED) is 0.594. The maximum atomic E-state index is 9.55. The van der Waals surface area contributed by atoms with Gasteiger partial charge in [-0.05, 0) is 25.5 Å². The fourth-order valence-corrected chi connectivity index (χ4v) is 2.13. The summed E-state index contributed by atoms with van der Waals surface area (Å²) in [6, 6.07) is 2.49. The second kappa shape index (κ2) is 8.73. The van der Waals surface area contributed by atoms with Crippen molar-refractivity contribution in [1.29, 1.82) is 0 Å². The van der Waals surface area contributed by atoms with Gasteiger partial charge in [0, 0.05) is 30.3 Å². The van der Waals surface area contributed by atoms with Crippen LogP contribution in [0.25, 0.3) is 0 Å². The Bertz CT molecular complexity index is 525. The van der Waals surface area contributed by atoms with Crippen molar-refractivity contribution >= 4 is 17.9 Å². The molecular weight excluding hydrogens is 288 g/mol. The van der Waals surface area contributed by atoms with E-state index in [4.69, 9.17) is 15.9 Å². The number of nitrogens with zero attached hydrogens (tertiary/aromatic N) is 2. The highest BCUT2D eigenvalue weighted by molar-refractivity contribution is 5.89. The number of carboxylic acids is 2. The first kappa shape index (κ1) is 17.6. The summed E-state index contributed by atoms with van der Waals surface area (Å²) in [4.78, 5) is 27.2. The van der Waals surface area contributed by atoms with Crippen LogP contribution >= 0.6 is 0 Å². The standard InChI is InChI=1S/C10H16N4.C4H4O4/c1-7(8-3-2-5-12-8)9-4-6-13-10(11)14-9;5-3(6)1-2-4(7)8/h4,6-8,12H,2-3,5H2,1H3,(H2,11,13,14);1-2H,(H,5,6)(H,7,8)/b;2-1+/t7-,8+;/m1./s1. The molecule has 0 aliphatic carbocycles. The van der Waals surface area contributed by atoms with Gasteiger partial charge in [0.2, 0.25) is 5.95 Å². The van der Waals surface area contributed by atoms with Crippen molar-refractivity contribution in [3.63, 3.8) is 0 Å². The van der Waals surface area contributed by atoms with Crippen molar-refractivity contribution in [2.75, 3.05) is 12.3 Å². The van der Waals surface area contributed by atoms with E-state index in [9.17, 15) is 9.59 Å². The van der Waals surface area contributed by atoms with Gasteiger partial charge in [0.15, 0.2) is 0 Å². The Labute approximate surface area is 128 Å². The molecule has 1 aromatic heterocycles. The zero-order chi connectivity index (χ0) is 16.5. The Kier molecular flexibility index (Phi) is 6.97. The van der Waals surface area contributed by atoms with Crippen LogP contribution in [-0.4, -0.2) is 44.7 Å². The van der Waals surface area contributed by atoms with Gasteiger partial charge in [-0.1, -0.05) is 6.92 Å². The largest absolute Gasteiger partial charge is 0.478 e. The predicted octanol–water partition coefficient (Wildman–Crippen LogP) is 0.626. The molecule has 0 saturated carbocycles. The Morgan fingerprint density at radius 1 is 1.41 bits per heavy atom. The number of aromatic nitrogens is 2. The maximum absolute atomic E-state index is 9.55. The molecule has 5 N–H and O–H groups in total. The number of carbonyl (C=O) groups is 2. The molecule has 1 saturated heterocycles. The SMILES string of the molecule is C[C@@H](c1ccnc(N)n1)[C@@H]1CCCN1.O=C(O)/C=C/C(=O)O. The van der Waals surface area contributed by atoms with Crippen LogP contribution in [0.3, 0.4) is 0 Å². The average molecular weight is 308 g/mol. The number of nitrogen functional groups attached to an aromatic ring is 1. The second-order valence-electron chi connectivity index (χ2n) is 4.84. The summed E-state index contributed by atoms with van der Waals surface area (Å²) in [5, 5.41) is 19.1. The highest BCUT2D eigenvalue weighted by Gasteiger charge is 2.23. The molecule has 0 bridgehead atoms. The van der Waals surface area contributed by atoms with Gasteiger partial charge in [0.25, 0.3) is 0 Å². The summed E-state index contributed by atoms with van der Waals surface area (Å²) in [6.45, 7) is 3.31. The Morgan fingerprint density at radius 3 is 2.50 bits per heavy atom. The van der Waals surface area contributed by atoms with Crippen molar-refractivity contribution in [2.24, 2.45) is 0 Å². The second-order valence-corrected chi connectivity index (χ2v) is 4.84. The molecule has 0 spiro atoms. The van der Waals surface area contributed by atoms with Crippen molar-refractivity contribution in [2.45, 2.75) is 31.7 Å². The highest BCUT2D eigenvalue weighted by atomic mass is 16.4. The lowest BCUT2D eigenvalue weighted by molar-refractivity contribution is -0.134. The topological polar surface area (TPSA) is 138 Å². The van der Waals surface area contributed by atoms with Crippen LogP contribution in [0.5, 0.6) is 0 Å². The molecule has 2 rings (SSSR count). The van der Waals surface area contributed by atoms with Crippen LogP contribution in [0.4, 0.5) is 5.95 Å². The molecule has 0 unspecified atom stereocenters. The van der Waals surface area contributed by atoms with Crippen LogP contribution in [0.15, 0.2) is 24.4 Å². The molecule has 1 aromatic rings. The lowest BCUT2D eigenvalue weighted by Gasteiger charge is -2.18.